The fourth-order valence-electron chi connectivity index (χ4n) is 1.86. The third kappa shape index (κ3) is 3.90. The Balaban J connectivity index is 3.28. The summed E-state index contributed by atoms with van der Waals surface area (Å²) in [5, 5.41) is 0.226. The molecule has 1 atom stereocenters. The van der Waals surface area contributed by atoms with Crippen molar-refractivity contribution in [2.45, 2.75) is 19.6 Å². The van der Waals surface area contributed by atoms with Crippen LogP contribution in [0.2, 0.25) is 5.02 Å². The van der Waals surface area contributed by atoms with E-state index < -0.39 is 13.4 Å². The summed E-state index contributed by atoms with van der Waals surface area (Å²) < 4.78 is 33.6. The van der Waals surface area contributed by atoms with Gasteiger partial charge in [-0.05, 0) is 19.9 Å². The zero-order chi connectivity index (χ0) is 16.0. The third-order valence-electron chi connectivity index (χ3n) is 2.79. The molecule has 1 aromatic rings. The molecule has 0 aliphatic carbocycles. The molecular weight excluding hydrogens is 317 g/mol. The molecule has 0 spiro atoms. The maximum Gasteiger partial charge on any atom is 0.351 e. The van der Waals surface area contributed by atoms with Crippen molar-refractivity contribution in [3.8, 4) is 11.5 Å². The lowest BCUT2D eigenvalue weighted by molar-refractivity contribution is 0.212. The van der Waals surface area contributed by atoms with E-state index in [9.17, 15) is 4.57 Å². The number of benzene rings is 1. The van der Waals surface area contributed by atoms with Crippen LogP contribution in [-0.2, 0) is 13.6 Å². The number of ether oxygens (including phenoxy) is 2. The molecule has 21 heavy (non-hydrogen) atoms. The molecule has 1 rings (SSSR count). The van der Waals surface area contributed by atoms with E-state index in [1.807, 2.05) is 0 Å². The molecule has 0 saturated heterocycles. The lowest BCUT2D eigenvalue weighted by atomic mass is 10.2. The minimum absolute atomic E-state index is 0.218. The second-order valence-electron chi connectivity index (χ2n) is 4.02. The predicted octanol–water partition coefficient (Wildman–Crippen LogP) is 3.58. The fourth-order valence-corrected chi connectivity index (χ4v) is 3.96. The van der Waals surface area contributed by atoms with Gasteiger partial charge in [-0.3, -0.25) is 4.57 Å². The molecule has 8 heteroatoms. The summed E-state index contributed by atoms with van der Waals surface area (Å²) in [7, 11) is -0.555. The molecule has 0 unspecified atom stereocenters. The van der Waals surface area contributed by atoms with Crippen molar-refractivity contribution in [2.75, 3.05) is 27.4 Å². The average molecular weight is 338 g/mol. The van der Waals surface area contributed by atoms with E-state index in [1.54, 1.807) is 26.0 Å². The normalized spacial score (nSPS) is 13.0. The van der Waals surface area contributed by atoms with Crippen molar-refractivity contribution in [3.63, 3.8) is 0 Å². The van der Waals surface area contributed by atoms with Crippen molar-refractivity contribution in [1.82, 2.24) is 0 Å². The van der Waals surface area contributed by atoms with E-state index in [0.717, 1.165) is 0 Å². The van der Waals surface area contributed by atoms with E-state index >= 15 is 0 Å². The lowest BCUT2D eigenvalue weighted by Gasteiger charge is -2.25. The first-order chi connectivity index (χ1) is 9.95. The molecule has 120 valence electrons. The van der Waals surface area contributed by atoms with Gasteiger partial charge in [0.05, 0.1) is 32.5 Å². The summed E-state index contributed by atoms with van der Waals surface area (Å²) in [5.74, 6) is -0.225. The summed E-state index contributed by atoms with van der Waals surface area (Å²) in [4.78, 5) is 0. The Hall–Kier alpha value is -0.780. The first-order valence-electron chi connectivity index (χ1n) is 6.49. The molecule has 0 aliphatic rings. The van der Waals surface area contributed by atoms with Crippen molar-refractivity contribution >= 4 is 19.2 Å². The monoisotopic (exact) mass is 337 g/mol. The predicted molar refractivity (Wildman–Crippen MR) is 82.3 cm³/mol. The molecule has 2 N–H and O–H groups in total. The molecule has 0 saturated carbocycles. The average Bonchev–Trinajstić information content (AvgIpc) is 2.46. The summed E-state index contributed by atoms with van der Waals surface area (Å²) in [6.07, 6.45) is 0. The molecule has 0 bridgehead atoms. The Kier molecular flexibility index (Phi) is 6.97. The van der Waals surface area contributed by atoms with Crippen LogP contribution in [0, 0.1) is 0 Å². The zero-order valence-corrected chi connectivity index (χ0v) is 14.2. The van der Waals surface area contributed by atoms with Gasteiger partial charge in [0.25, 0.3) is 0 Å². The number of rotatable bonds is 8. The number of nitrogens with two attached hydrogens (primary N) is 1. The number of hydrogen-bond acceptors (Lipinski definition) is 6. The van der Waals surface area contributed by atoms with Crippen molar-refractivity contribution in [3.05, 3.63) is 22.7 Å². The van der Waals surface area contributed by atoms with Crippen LogP contribution in [0.4, 0.5) is 0 Å². The van der Waals surface area contributed by atoms with Gasteiger partial charge in [-0.25, -0.2) is 0 Å². The van der Waals surface area contributed by atoms with Gasteiger partial charge in [-0.1, -0.05) is 17.7 Å². The number of methoxy groups -OCH3 is 2. The SMILES string of the molecule is CCOP(=O)(OCC)[C@@H](N)c1ccc(OC)c(OC)c1Cl. The summed E-state index contributed by atoms with van der Waals surface area (Å²) >= 11 is 6.28. The standard InChI is InChI=1S/C13H21ClNO5P/c1-5-19-21(16,20-6-2)13(15)9-7-8-10(17-3)12(18-4)11(9)14/h7-8,13H,5-6,15H2,1-4H3/t13-/m1/s1. The maximum atomic E-state index is 12.7. The van der Waals surface area contributed by atoms with Crippen molar-refractivity contribution < 1.29 is 23.1 Å². The minimum Gasteiger partial charge on any atom is -0.493 e. The highest BCUT2D eigenvalue weighted by Crippen LogP contribution is 2.60. The first kappa shape index (κ1) is 18.3. The van der Waals surface area contributed by atoms with Gasteiger partial charge in [-0.15, -0.1) is 0 Å². The van der Waals surface area contributed by atoms with Crippen LogP contribution in [0.1, 0.15) is 25.2 Å². The van der Waals surface area contributed by atoms with E-state index in [1.165, 1.54) is 14.2 Å². The van der Waals surface area contributed by atoms with E-state index in [0.29, 0.717) is 17.1 Å². The van der Waals surface area contributed by atoms with Crippen LogP contribution in [0.5, 0.6) is 11.5 Å². The molecule has 0 heterocycles. The summed E-state index contributed by atoms with van der Waals surface area (Å²) in [6, 6.07) is 3.27. The minimum atomic E-state index is -3.52. The Labute approximate surface area is 130 Å². The van der Waals surface area contributed by atoms with Crippen LogP contribution in [0.25, 0.3) is 0 Å². The van der Waals surface area contributed by atoms with Crippen LogP contribution in [-0.4, -0.2) is 27.4 Å². The lowest BCUT2D eigenvalue weighted by Crippen LogP contribution is -2.16. The highest BCUT2D eigenvalue weighted by Gasteiger charge is 2.36. The van der Waals surface area contributed by atoms with Gasteiger partial charge in [0.1, 0.15) is 5.78 Å². The largest absolute Gasteiger partial charge is 0.493 e. The van der Waals surface area contributed by atoms with E-state index in [-0.39, 0.29) is 18.2 Å². The Morgan fingerprint density at radius 1 is 1.19 bits per heavy atom. The maximum absolute atomic E-state index is 12.7. The third-order valence-corrected chi connectivity index (χ3v) is 5.38. The van der Waals surface area contributed by atoms with Gasteiger partial charge < -0.3 is 24.3 Å². The van der Waals surface area contributed by atoms with E-state index in [2.05, 4.69) is 0 Å². The van der Waals surface area contributed by atoms with Gasteiger partial charge in [-0.2, -0.15) is 0 Å². The number of hydrogen-bond donors (Lipinski definition) is 1. The van der Waals surface area contributed by atoms with Gasteiger partial charge in [0, 0.05) is 5.56 Å². The number of halogens is 1. The van der Waals surface area contributed by atoms with Gasteiger partial charge in [0.15, 0.2) is 11.5 Å². The molecule has 0 aromatic heterocycles. The second-order valence-corrected chi connectivity index (χ2v) is 6.55. The Morgan fingerprint density at radius 2 is 1.76 bits per heavy atom. The molecular formula is C13H21ClNO5P. The van der Waals surface area contributed by atoms with Crippen LogP contribution < -0.4 is 15.2 Å². The summed E-state index contributed by atoms with van der Waals surface area (Å²) in [6.45, 7) is 3.87. The zero-order valence-electron chi connectivity index (χ0n) is 12.6. The fraction of sp³-hybridized carbons (Fsp3) is 0.538. The highest BCUT2D eigenvalue weighted by molar-refractivity contribution is 7.54. The molecule has 0 fully saturated rings. The molecule has 1 aromatic carbocycles. The topological polar surface area (TPSA) is 80.0 Å². The van der Waals surface area contributed by atoms with Crippen molar-refractivity contribution in [2.24, 2.45) is 5.73 Å². The molecule has 0 amide bonds. The van der Waals surface area contributed by atoms with Gasteiger partial charge >= 0.3 is 7.60 Å². The van der Waals surface area contributed by atoms with Crippen LogP contribution in [0.3, 0.4) is 0 Å². The Bertz CT molecular complexity index is 516. The molecule has 6 nitrogen and oxygen atoms in total. The summed E-state index contributed by atoms with van der Waals surface area (Å²) in [5.41, 5.74) is 6.48. The Morgan fingerprint density at radius 3 is 2.19 bits per heavy atom. The van der Waals surface area contributed by atoms with Crippen LogP contribution >= 0.6 is 19.2 Å². The van der Waals surface area contributed by atoms with E-state index in [4.69, 9.17) is 35.9 Å². The quantitative estimate of drug-likeness (QED) is 0.730. The van der Waals surface area contributed by atoms with Crippen molar-refractivity contribution in [1.29, 1.82) is 0 Å². The van der Waals surface area contributed by atoms with Gasteiger partial charge in [0.2, 0.25) is 0 Å². The molecule has 0 aliphatic heterocycles. The highest BCUT2D eigenvalue weighted by atomic mass is 35.5. The first-order valence-corrected chi connectivity index (χ1v) is 8.48. The smallest absolute Gasteiger partial charge is 0.351 e. The second kappa shape index (κ2) is 8.01. The molecule has 0 radical (unpaired) electrons. The van der Waals surface area contributed by atoms with Crippen LogP contribution in [0.15, 0.2) is 12.1 Å².